The number of hydrogen-bond donors (Lipinski definition) is 1. The first kappa shape index (κ1) is 13.5. The van der Waals surface area contributed by atoms with Gasteiger partial charge < -0.3 is 4.74 Å². The summed E-state index contributed by atoms with van der Waals surface area (Å²) in [6, 6.07) is 11.4. The van der Waals surface area contributed by atoms with Gasteiger partial charge in [-0.15, -0.1) is 0 Å². The molecule has 4 nitrogen and oxygen atoms in total. The average molecular weight is 295 g/mol. The lowest BCUT2D eigenvalue weighted by atomic mass is 10.1. The Morgan fingerprint density at radius 3 is 2.60 bits per heavy atom. The fourth-order valence-corrected chi connectivity index (χ4v) is 3.80. The molecule has 0 bridgehead atoms. The van der Waals surface area contributed by atoms with Crippen LogP contribution in [0.2, 0.25) is 0 Å². The SMILES string of the molecule is O=S(=O)(NC1COCC1F)c1cccc2ccccc12. The van der Waals surface area contributed by atoms with Gasteiger partial charge >= 0.3 is 0 Å². The van der Waals surface area contributed by atoms with Gasteiger partial charge in [0.1, 0.15) is 6.17 Å². The van der Waals surface area contributed by atoms with E-state index in [-0.39, 0.29) is 18.1 Å². The predicted octanol–water partition coefficient (Wildman–Crippen LogP) is 1.85. The molecular formula is C14H14FNO3S. The molecule has 1 aliphatic rings. The predicted molar refractivity (Wildman–Crippen MR) is 73.8 cm³/mol. The molecule has 0 saturated carbocycles. The van der Waals surface area contributed by atoms with E-state index in [1.807, 2.05) is 18.2 Å². The minimum absolute atomic E-state index is 0.0607. The number of alkyl halides is 1. The van der Waals surface area contributed by atoms with Crippen LogP contribution in [-0.4, -0.2) is 33.8 Å². The second-order valence-corrected chi connectivity index (χ2v) is 6.44. The molecule has 0 radical (unpaired) electrons. The van der Waals surface area contributed by atoms with Crippen LogP contribution in [0.1, 0.15) is 0 Å². The smallest absolute Gasteiger partial charge is 0.241 e. The molecule has 3 rings (SSSR count). The number of ether oxygens (including phenoxy) is 1. The molecule has 1 heterocycles. The van der Waals surface area contributed by atoms with E-state index in [9.17, 15) is 12.8 Å². The first-order valence-corrected chi connectivity index (χ1v) is 7.78. The van der Waals surface area contributed by atoms with Gasteiger partial charge in [-0.3, -0.25) is 0 Å². The summed E-state index contributed by atoms with van der Waals surface area (Å²) < 4.78 is 45.6. The Balaban J connectivity index is 2.01. The van der Waals surface area contributed by atoms with Gasteiger partial charge in [-0.2, -0.15) is 0 Å². The van der Waals surface area contributed by atoms with E-state index in [0.717, 1.165) is 5.39 Å². The van der Waals surface area contributed by atoms with Crippen LogP contribution in [0.25, 0.3) is 10.8 Å². The minimum Gasteiger partial charge on any atom is -0.377 e. The fourth-order valence-electron chi connectivity index (χ4n) is 2.33. The molecule has 1 saturated heterocycles. The summed E-state index contributed by atoms with van der Waals surface area (Å²) in [6.07, 6.45) is -1.31. The first-order valence-electron chi connectivity index (χ1n) is 6.30. The van der Waals surface area contributed by atoms with Crippen molar-refractivity contribution in [3.05, 3.63) is 42.5 Å². The van der Waals surface area contributed by atoms with Gasteiger partial charge in [-0.25, -0.2) is 17.5 Å². The van der Waals surface area contributed by atoms with E-state index in [4.69, 9.17) is 4.74 Å². The van der Waals surface area contributed by atoms with E-state index >= 15 is 0 Å². The van der Waals surface area contributed by atoms with Crippen LogP contribution < -0.4 is 4.72 Å². The molecule has 2 aromatic carbocycles. The molecule has 0 aromatic heterocycles. The molecule has 0 aliphatic carbocycles. The molecule has 1 fully saturated rings. The van der Waals surface area contributed by atoms with Crippen LogP contribution in [0.3, 0.4) is 0 Å². The van der Waals surface area contributed by atoms with Gasteiger partial charge in [0.05, 0.1) is 24.2 Å². The van der Waals surface area contributed by atoms with Crippen LogP contribution in [0.15, 0.2) is 47.4 Å². The average Bonchev–Trinajstić information content (AvgIpc) is 2.83. The highest BCUT2D eigenvalue weighted by Gasteiger charge is 2.32. The summed E-state index contributed by atoms with van der Waals surface area (Å²) in [6.45, 7) is -0.00606. The second-order valence-electron chi connectivity index (χ2n) is 4.76. The Bertz CT molecular complexity index is 727. The lowest BCUT2D eigenvalue weighted by molar-refractivity contribution is 0.173. The van der Waals surface area contributed by atoms with Gasteiger partial charge in [0.25, 0.3) is 0 Å². The van der Waals surface area contributed by atoms with Gasteiger partial charge in [0, 0.05) is 5.39 Å². The maximum Gasteiger partial charge on any atom is 0.241 e. The molecule has 2 atom stereocenters. The third-order valence-electron chi connectivity index (χ3n) is 3.36. The molecule has 106 valence electrons. The number of hydrogen-bond acceptors (Lipinski definition) is 3. The molecule has 20 heavy (non-hydrogen) atoms. The van der Waals surface area contributed by atoms with Gasteiger partial charge in [0.2, 0.25) is 10.0 Å². The Morgan fingerprint density at radius 1 is 1.10 bits per heavy atom. The topological polar surface area (TPSA) is 55.4 Å². The van der Waals surface area contributed by atoms with E-state index < -0.39 is 22.2 Å². The van der Waals surface area contributed by atoms with Gasteiger partial charge in [-0.05, 0) is 11.5 Å². The molecule has 6 heteroatoms. The molecule has 2 unspecified atom stereocenters. The quantitative estimate of drug-likeness (QED) is 0.940. The number of rotatable bonds is 3. The minimum atomic E-state index is -3.77. The van der Waals surface area contributed by atoms with Crippen LogP contribution in [0, 0.1) is 0 Å². The third kappa shape index (κ3) is 2.42. The number of benzene rings is 2. The van der Waals surface area contributed by atoms with Crippen molar-refractivity contribution >= 4 is 20.8 Å². The molecule has 1 N–H and O–H groups in total. The van der Waals surface area contributed by atoms with E-state index in [0.29, 0.717) is 5.39 Å². The largest absolute Gasteiger partial charge is 0.377 e. The summed E-state index contributed by atoms with van der Waals surface area (Å²) in [5, 5.41) is 1.45. The van der Waals surface area contributed by atoms with E-state index in [1.165, 1.54) is 6.07 Å². The third-order valence-corrected chi connectivity index (χ3v) is 4.90. The molecule has 1 aliphatic heterocycles. The summed E-state index contributed by atoms with van der Waals surface area (Å²) in [7, 11) is -3.77. The highest BCUT2D eigenvalue weighted by molar-refractivity contribution is 7.89. The summed E-state index contributed by atoms with van der Waals surface area (Å²) in [5.74, 6) is 0. The number of fused-ring (bicyclic) bond motifs is 1. The van der Waals surface area contributed by atoms with Crippen LogP contribution in [0.5, 0.6) is 0 Å². The molecule has 2 aromatic rings. The molecular weight excluding hydrogens is 281 g/mol. The van der Waals surface area contributed by atoms with Crippen molar-refractivity contribution in [2.45, 2.75) is 17.1 Å². The highest BCUT2D eigenvalue weighted by Crippen LogP contribution is 2.23. The van der Waals surface area contributed by atoms with Crippen LogP contribution in [0.4, 0.5) is 4.39 Å². The van der Waals surface area contributed by atoms with Crippen molar-refractivity contribution in [1.82, 2.24) is 4.72 Å². The van der Waals surface area contributed by atoms with E-state index in [1.54, 1.807) is 18.2 Å². The monoisotopic (exact) mass is 295 g/mol. The zero-order chi connectivity index (χ0) is 14.2. The molecule has 0 spiro atoms. The highest BCUT2D eigenvalue weighted by atomic mass is 32.2. The van der Waals surface area contributed by atoms with Crippen molar-refractivity contribution in [2.75, 3.05) is 13.2 Å². The first-order chi connectivity index (χ1) is 9.58. The zero-order valence-corrected chi connectivity index (χ0v) is 11.4. The van der Waals surface area contributed by atoms with Crippen molar-refractivity contribution in [3.63, 3.8) is 0 Å². The molecule has 0 amide bonds. The zero-order valence-electron chi connectivity index (χ0n) is 10.6. The summed E-state index contributed by atoms with van der Waals surface area (Å²) in [4.78, 5) is 0.162. The van der Waals surface area contributed by atoms with Gasteiger partial charge in [-0.1, -0.05) is 36.4 Å². The van der Waals surface area contributed by atoms with Crippen molar-refractivity contribution in [2.24, 2.45) is 0 Å². The summed E-state index contributed by atoms with van der Waals surface area (Å²) >= 11 is 0. The maximum atomic E-state index is 13.5. The number of halogens is 1. The fraction of sp³-hybridized carbons (Fsp3) is 0.286. The lowest BCUT2D eigenvalue weighted by Crippen LogP contribution is -2.40. The lowest BCUT2D eigenvalue weighted by Gasteiger charge is -2.14. The Hall–Kier alpha value is -1.50. The van der Waals surface area contributed by atoms with Crippen LogP contribution in [-0.2, 0) is 14.8 Å². The second kappa shape index (κ2) is 5.12. The van der Waals surface area contributed by atoms with Crippen LogP contribution >= 0.6 is 0 Å². The van der Waals surface area contributed by atoms with Crippen molar-refractivity contribution < 1.29 is 17.5 Å². The standard InChI is InChI=1S/C14H14FNO3S/c15-12-8-19-9-13(12)16-20(17,18)14-7-3-5-10-4-1-2-6-11(10)14/h1-7,12-13,16H,8-9H2. The number of nitrogens with one attached hydrogen (secondary N) is 1. The Morgan fingerprint density at radius 2 is 1.85 bits per heavy atom. The Kier molecular flexibility index (Phi) is 3.45. The maximum absolute atomic E-state index is 13.5. The summed E-state index contributed by atoms with van der Waals surface area (Å²) in [5.41, 5.74) is 0. The van der Waals surface area contributed by atoms with Gasteiger partial charge in [0.15, 0.2) is 0 Å². The van der Waals surface area contributed by atoms with Crippen molar-refractivity contribution in [1.29, 1.82) is 0 Å². The number of sulfonamides is 1. The Labute approximate surface area is 116 Å². The normalized spacial score (nSPS) is 23.2. The van der Waals surface area contributed by atoms with Crippen molar-refractivity contribution in [3.8, 4) is 0 Å². The van der Waals surface area contributed by atoms with E-state index in [2.05, 4.69) is 4.72 Å².